The van der Waals surface area contributed by atoms with E-state index in [0.717, 1.165) is 6.39 Å². The fourth-order valence-electron chi connectivity index (χ4n) is 0.953. The van der Waals surface area contributed by atoms with Crippen LogP contribution in [0.3, 0.4) is 0 Å². The monoisotopic (exact) mass is 224 g/mol. The van der Waals surface area contributed by atoms with Crippen LogP contribution in [0.25, 0.3) is 11.5 Å². The average molecular weight is 224 g/mol. The molecule has 0 spiro atoms. The summed E-state index contributed by atoms with van der Waals surface area (Å²) in [6.45, 7) is 0. The van der Waals surface area contributed by atoms with Crippen molar-refractivity contribution >= 4 is 12.2 Å². The smallest absolute Gasteiger partial charge is 0.346 e. The van der Waals surface area contributed by atoms with Crippen LogP contribution in [0.4, 0.5) is 5.82 Å². The number of aliphatic imine (C=N–C) groups is 1. The van der Waals surface area contributed by atoms with Crippen LogP contribution < -0.4 is 4.90 Å². The second-order valence-electron chi connectivity index (χ2n) is 3.07. The van der Waals surface area contributed by atoms with E-state index >= 15 is 0 Å². The number of aromatic nitrogens is 4. The van der Waals surface area contributed by atoms with E-state index in [4.69, 9.17) is 0 Å². The van der Waals surface area contributed by atoms with E-state index in [-0.39, 0.29) is 22.2 Å². The maximum Gasteiger partial charge on any atom is 0.346 e. The van der Waals surface area contributed by atoms with Gasteiger partial charge in [0.25, 0.3) is 11.5 Å². The molecule has 0 N–H and O–H groups in total. The highest BCUT2D eigenvalue weighted by Crippen LogP contribution is 2.20. The molecule has 0 aliphatic heterocycles. The molecule has 2 heterocycles. The molecule has 0 aromatic carbocycles. The van der Waals surface area contributed by atoms with Gasteiger partial charge in [-0.3, -0.25) is 4.63 Å². The van der Waals surface area contributed by atoms with Gasteiger partial charge in [-0.2, -0.15) is 9.98 Å². The van der Waals surface area contributed by atoms with Crippen molar-refractivity contribution in [3.8, 4) is 11.5 Å². The minimum absolute atomic E-state index is 0.00634. The Balaban J connectivity index is 2.41. The Kier molecular flexibility index (Phi) is 2.50. The molecule has 0 fully saturated rings. The second kappa shape index (κ2) is 3.96. The third-order valence-electron chi connectivity index (χ3n) is 1.58. The molecular formula is C7H8N6O3. The van der Waals surface area contributed by atoms with E-state index < -0.39 is 0 Å². The van der Waals surface area contributed by atoms with Crippen molar-refractivity contribution < 1.29 is 14.1 Å². The van der Waals surface area contributed by atoms with Gasteiger partial charge in [-0.05, 0) is 4.90 Å². The summed E-state index contributed by atoms with van der Waals surface area (Å²) in [5.74, 6) is 0.159. The number of nitrogens with zero attached hydrogens (tertiary/aromatic N) is 6. The largest absolute Gasteiger partial charge is 0.369 e. The lowest BCUT2D eigenvalue weighted by atomic mass is 10.4. The topological polar surface area (TPSA) is 107 Å². The predicted molar refractivity (Wildman–Crippen MR) is 50.6 cm³/mol. The van der Waals surface area contributed by atoms with Crippen LogP contribution in [0.15, 0.2) is 20.5 Å². The SMILES string of the molecule is CN(C)C=Nc1no[n+]([O-])c1-c1ncon1. The maximum absolute atomic E-state index is 11.3. The molecular weight excluding hydrogens is 216 g/mol. The van der Waals surface area contributed by atoms with Gasteiger partial charge in [-0.25, -0.2) is 0 Å². The molecule has 0 saturated carbocycles. The van der Waals surface area contributed by atoms with Crippen LogP contribution >= 0.6 is 0 Å². The van der Waals surface area contributed by atoms with Gasteiger partial charge >= 0.3 is 5.82 Å². The van der Waals surface area contributed by atoms with Crippen LogP contribution in [-0.2, 0) is 0 Å². The zero-order chi connectivity index (χ0) is 11.5. The summed E-state index contributed by atoms with van der Waals surface area (Å²) >= 11 is 0. The normalized spacial score (nSPS) is 11.1. The lowest BCUT2D eigenvalue weighted by Gasteiger charge is -1.99. The van der Waals surface area contributed by atoms with Gasteiger partial charge in [0.05, 0.1) is 11.5 Å². The molecule has 16 heavy (non-hydrogen) atoms. The zero-order valence-electron chi connectivity index (χ0n) is 8.56. The van der Waals surface area contributed by atoms with Gasteiger partial charge in [0.1, 0.15) is 0 Å². The predicted octanol–water partition coefficient (Wildman–Crippen LogP) is -0.421. The quantitative estimate of drug-likeness (QED) is 0.395. The molecule has 0 radical (unpaired) electrons. The molecule has 0 unspecified atom stereocenters. The molecule has 0 amide bonds. The lowest BCUT2D eigenvalue weighted by molar-refractivity contribution is -0.793. The molecule has 0 atom stereocenters. The minimum atomic E-state index is 0.00634. The lowest BCUT2D eigenvalue weighted by Crippen LogP contribution is -2.25. The van der Waals surface area contributed by atoms with Gasteiger partial charge in [0.15, 0.2) is 0 Å². The van der Waals surface area contributed by atoms with E-state index in [1.165, 1.54) is 6.34 Å². The summed E-state index contributed by atoms with van der Waals surface area (Å²) in [6, 6.07) is 0. The summed E-state index contributed by atoms with van der Waals surface area (Å²) in [7, 11) is 3.56. The van der Waals surface area contributed by atoms with Crippen molar-refractivity contribution in [1.82, 2.24) is 20.2 Å². The van der Waals surface area contributed by atoms with Crippen molar-refractivity contribution in [3.05, 3.63) is 11.6 Å². The Labute approximate surface area is 89.5 Å². The van der Waals surface area contributed by atoms with Crippen LogP contribution in [0.2, 0.25) is 0 Å². The van der Waals surface area contributed by atoms with Gasteiger partial charge in [0, 0.05) is 14.1 Å². The van der Waals surface area contributed by atoms with Crippen molar-refractivity contribution in [2.24, 2.45) is 4.99 Å². The summed E-state index contributed by atoms with van der Waals surface area (Å²) in [6.07, 6.45) is 2.57. The molecule has 9 heteroatoms. The van der Waals surface area contributed by atoms with E-state index in [1.807, 2.05) is 0 Å². The highest BCUT2D eigenvalue weighted by Gasteiger charge is 2.24. The molecule has 0 aliphatic rings. The van der Waals surface area contributed by atoms with Crippen LogP contribution in [-0.4, -0.2) is 40.6 Å². The van der Waals surface area contributed by atoms with E-state index in [0.29, 0.717) is 0 Å². The van der Waals surface area contributed by atoms with Gasteiger partial charge in [-0.15, -0.1) is 0 Å². The first-order valence-corrected chi connectivity index (χ1v) is 4.25. The summed E-state index contributed by atoms with van der Waals surface area (Å²) in [5.41, 5.74) is 0.00634. The number of hydrogen-bond donors (Lipinski definition) is 0. The highest BCUT2D eigenvalue weighted by molar-refractivity contribution is 5.66. The molecule has 0 saturated heterocycles. The molecule has 2 aromatic heterocycles. The molecule has 84 valence electrons. The molecule has 9 nitrogen and oxygen atoms in total. The van der Waals surface area contributed by atoms with Crippen LogP contribution in [0.1, 0.15) is 0 Å². The Morgan fingerprint density at radius 2 is 2.31 bits per heavy atom. The maximum atomic E-state index is 11.3. The van der Waals surface area contributed by atoms with Gasteiger partial charge < -0.3 is 14.6 Å². The van der Waals surface area contributed by atoms with Crippen molar-refractivity contribution in [3.63, 3.8) is 0 Å². The van der Waals surface area contributed by atoms with Crippen LogP contribution in [0, 0.1) is 5.21 Å². The van der Waals surface area contributed by atoms with Gasteiger partial charge in [0.2, 0.25) is 6.39 Å². The first-order chi connectivity index (χ1) is 7.68. The van der Waals surface area contributed by atoms with E-state index in [1.54, 1.807) is 19.0 Å². The molecule has 0 aliphatic carbocycles. The zero-order valence-corrected chi connectivity index (χ0v) is 8.56. The van der Waals surface area contributed by atoms with Crippen molar-refractivity contribution in [2.45, 2.75) is 0 Å². The molecule has 2 rings (SSSR count). The number of hydrogen-bond acceptors (Lipinski definition) is 7. The second-order valence-corrected chi connectivity index (χ2v) is 3.07. The number of rotatable bonds is 3. The first kappa shape index (κ1) is 10.1. The third kappa shape index (κ3) is 1.82. The molecule has 2 aromatic rings. The van der Waals surface area contributed by atoms with Crippen LogP contribution in [0.5, 0.6) is 0 Å². The first-order valence-electron chi connectivity index (χ1n) is 4.25. The van der Waals surface area contributed by atoms with Crippen molar-refractivity contribution in [1.29, 1.82) is 0 Å². The fraction of sp³-hybridized carbons (Fsp3) is 0.286. The minimum Gasteiger partial charge on any atom is -0.369 e. The Hall–Kier alpha value is -2.45. The van der Waals surface area contributed by atoms with E-state index in [9.17, 15) is 5.21 Å². The Bertz CT molecular complexity index is 488. The fourth-order valence-corrected chi connectivity index (χ4v) is 0.953. The standard InChI is InChI=1S/C7H8N6O3/c1-12(2)3-8-6-5(13(14)16-11-6)7-9-4-15-10-7/h3-4H,1-2H3. The van der Waals surface area contributed by atoms with Gasteiger partial charge in [-0.1, -0.05) is 5.16 Å². The average Bonchev–Trinajstić information content (AvgIpc) is 2.83. The summed E-state index contributed by atoms with van der Waals surface area (Å²) in [4.78, 5) is 9.52. The molecule has 0 bridgehead atoms. The summed E-state index contributed by atoms with van der Waals surface area (Å²) < 4.78 is 8.94. The van der Waals surface area contributed by atoms with Crippen molar-refractivity contribution in [2.75, 3.05) is 14.1 Å². The Morgan fingerprint density at radius 3 is 2.94 bits per heavy atom. The Morgan fingerprint density at radius 1 is 1.50 bits per heavy atom. The summed E-state index contributed by atoms with van der Waals surface area (Å²) in [5, 5.41) is 18.2. The van der Waals surface area contributed by atoms with E-state index in [2.05, 4.69) is 29.4 Å². The highest BCUT2D eigenvalue weighted by atomic mass is 16.8. The third-order valence-corrected chi connectivity index (χ3v) is 1.58.